The highest BCUT2D eigenvalue weighted by Crippen LogP contribution is 2.59. The van der Waals surface area contributed by atoms with Gasteiger partial charge in [0.05, 0.1) is 11.1 Å². The molecule has 1 saturated carbocycles. The van der Waals surface area contributed by atoms with Gasteiger partial charge < -0.3 is 20.1 Å². The average molecular weight is 685 g/mol. The molecule has 0 amide bonds. The minimum Gasteiger partial charge on any atom is -0.456 e. The summed E-state index contributed by atoms with van der Waals surface area (Å²) in [6.45, 7) is 6.48. The third-order valence-electron chi connectivity index (χ3n) is 11.6. The van der Waals surface area contributed by atoms with E-state index in [2.05, 4.69) is 86.0 Å². The first-order valence-electron chi connectivity index (χ1n) is 19.9. The number of ether oxygens (including phenoxy) is 2. The Kier molecular flexibility index (Phi) is 11.0. The summed E-state index contributed by atoms with van der Waals surface area (Å²) in [5.74, 6) is 1.78. The van der Waals surface area contributed by atoms with E-state index in [1.165, 1.54) is 95.5 Å². The molecule has 2 atom stereocenters. The van der Waals surface area contributed by atoms with Crippen LogP contribution in [0.3, 0.4) is 0 Å². The molecule has 4 aromatic rings. The number of aryl methyl sites for hydroxylation is 2. The van der Waals surface area contributed by atoms with E-state index in [1.54, 1.807) is 0 Å². The van der Waals surface area contributed by atoms with Crippen molar-refractivity contribution in [2.75, 3.05) is 10.6 Å². The van der Waals surface area contributed by atoms with Crippen LogP contribution in [0.4, 0.5) is 17.1 Å². The van der Waals surface area contributed by atoms with E-state index in [-0.39, 0.29) is 5.97 Å². The molecule has 2 N–H and O–H groups in total. The van der Waals surface area contributed by atoms with Crippen molar-refractivity contribution in [2.24, 2.45) is 5.92 Å². The number of unbranched alkanes of at least 4 members (excludes halogenated alkanes) is 8. The molecule has 4 aromatic carbocycles. The summed E-state index contributed by atoms with van der Waals surface area (Å²) in [5.41, 5.74) is 7.31. The Balaban J connectivity index is 1.23. The van der Waals surface area contributed by atoms with E-state index < -0.39 is 5.60 Å². The molecule has 5 heteroatoms. The Morgan fingerprint density at radius 3 is 2.24 bits per heavy atom. The van der Waals surface area contributed by atoms with Crippen LogP contribution in [0.2, 0.25) is 0 Å². The van der Waals surface area contributed by atoms with Gasteiger partial charge in [0.15, 0.2) is 5.60 Å². The lowest BCUT2D eigenvalue weighted by atomic mass is 9.76. The number of hydrogen-bond donors (Lipinski definition) is 2. The van der Waals surface area contributed by atoms with Gasteiger partial charge in [-0.25, -0.2) is 4.79 Å². The van der Waals surface area contributed by atoms with Crippen LogP contribution in [0.1, 0.15) is 141 Å². The van der Waals surface area contributed by atoms with E-state index in [0.717, 1.165) is 57.2 Å². The molecule has 0 radical (unpaired) electrons. The second-order valence-electron chi connectivity index (χ2n) is 15.3. The van der Waals surface area contributed by atoms with E-state index >= 15 is 0 Å². The van der Waals surface area contributed by atoms with Crippen LogP contribution in [0.15, 0.2) is 78.9 Å². The molecule has 1 fully saturated rings. The highest BCUT2D eigenvalue weighted by atomic mass is 16.6. The van der Waals surface area contributed by atoms with Crippen molar-refractivity contribution in [3.05, 3.63) is 112 Å². The van der Waals surface area contributed by atoms with Gasteiger partial charge in [-0.3, -0.25) is 0 Å². The van der Waals surface area contributed by atoms with E-state index in [0.29, 0.717) is 17.5 Å². The minimum absolute atomic E-state index is 0.300. The van der Waals surface area contributed by atoms with Crippen LogP contribution >= 0.6 is 0 Å². The van der Waals surface area contributed by atoms with Crippen molar-refractivity contribution < 1.29 is 14.3 Å². The first kappa shape index (κ1) is 35.2. The lowest BCUT2D eigenvalue weighted by Gasteiger charge is -2.40. The minimum atomic E-state index is -1.15. The molecule has 2 heterocycles. The standard InChI is InChI=1S/C46H56N2O3/c1-4-5-6-7-8-9-10-11-15-23-39(34-19-13-12-14-20-34)48-40-24-18-25-42-44(40)46(37-22-17-16-21-36(37)45(49)51-46)38-31-41(33(3)30-43(38)50-42)47-35-28-26-32(2)27-29-35/h16-18,21-22,24-31,34,39,47-48H,4-15,19-20,23H2,1-3H3. The zero-order valence-corrected chi connectivity index (χ0v) is 31.0. The summed E-state index contributed by atoms with van der Waals surface area (Å²) in [6.07, 6.45) is 19.6. The third-order valence-corrected chi connectivity index (χ3v) is 11.6. The molecule has 1 spiro atoms. The SMILES string of the molecule is CCCCCCCCCCCC(Nc1cccc2c1C1(OC(=O)c3ccccc31)c1cc(Nc3ccc(C)cc3)c(C)cc1O2)C1CCCCC1. The third kappa shape index (κ3) is 7.40. The largest absolute Gasteiger partial charge is 0.456 e. The van der Waals surface area contributed by atoms with E-state index in [4.69, 9.17) is 9.47 Å². The van der Waals surface area contributed by atoms with Gasteiger partial charge in [-0.15, -0.1) is 0 Å². The molecule has 2 aliphatic heterocycles. The Morgan fingerprint density at radius 2 is 1.47 bits per heavy atom. The maximum absolute atomic E-state index is 13.8. The summed E-state index contributed by atoms with van der Waals surface area (Å²) in [4.78, 5) is 13.8. The van der Waals surface area contributed by atoms with Crippen molar-refractivity contribution in [3.8, 4) is 11.5 Å². The Labute approximate surface area is 305 Å². The fraction of sp³-hybridized carbons (Fsp3) is 0.457. The molecular formula is C46H56N2O3. The molecule has 3 aliphatic rings. The van der Waals surface area contributed by atoms with Gasteiger partial charge in [0.25, 0.3) is 0 Å². The number of nitrogens with one attached hydrogen (secondary N) is 2. The smallest absolute Gasteiger partial charge is 0.340 e. The zero-order valence-electron chi connectivity index (χ0n) is 31.0. The predicted octanol–water partition coefficient (Wildman–Crippen LogP) is 12.9. The van der Waals surface area contributed by atoms with Gasteiger partial charge >= 0.3 is 5.97 Å². The maximum atomic E-state index is 13.8. The number of fused-ring (bicyclic) bond motifs is 6. The zero-order chi connectivity index (χ0) is 35.2. The summed E-state index contributed by atoms with van der Waals surface area (Å²) >= 11 is 0. The quantitative estimate of drug-likeness (QED) is 0.0964. The molecular weight excluding hydrogens is 629 g/mol. The number of hydrogen-bond acceptors (Lipinski definition) is 5. The summed E-state index contributed by atoms with van der Waals surface area (Å²) < 4.78 is 13.5. The second-order valence-corrected chi connectivity index (χ2v) is 15.3. The summed E-state index contributed by atoms with van der Waals surface area (Å²) in [6, 6.07) is 27.2. The van der Waals surface area contributed by atoms with Gasteiger partial charge in [0.1, 0.15) is 11.5 Å². The Bertz CT molecular complexity index is 1810. The van der Waals surface area contributed by atoms with Gasteiger partial charge in [-0.1, -0.05) is 126 Å². The number of anilines is 3. The second kappa shape index (κ2) is 16.0. The van der Waals surface area contributed by atoms with Gasteiger partial charge in [-0.05, 0) is 87.1 Å². The number of carbonyl (C=O) groups excluding carboxylic acids is 1. The van der Waals surface area contributed by atoms with E-state index in [9.17, 15) is 4.79 Å². The average Bonchev–Trinajstić information content (AvgIpc) is 3.44. The molecule has 51 heavy (non-hydrogen) atoms. The molecule has 0 bridgehead atoms. The summed E-state index contributed by atoms with van der Waals surface area (Å²) in [7, 11) is 0. The highest BCUT2D eigenvalue weighted by molar-refractivity contribution is 5.97. The monoisotopic (exact) mass is 684 g/mol. The lowest BCUT2D eigenvalue weighted by molar-refractivity contribution is 0.0226. The number of esters is 1. The van der Waals surface area contributed by atoms with Gasteiger partial charge in [0, 0.05) is 34.2 Å². The van der Waals surface area contributed by atoms with Crippen molar-refractivity contribution in [1.29, 1.82) is 0 Å². The molecule has 5 nitrogen and oxygen atoms in total. The van der Waals surface area contributed by atoms with Gasteiger partial charge in [-0.2, -0.15) is 0 Å². The first-order valence-corrected chi connectivity index (χ1v) is 19.9. The van der Waals surface area contributed by atoms with E-state index in [1.807, 2.05) is 24.3 Å². The maximum Gasteiger partial charge on any atom is 0.340 e. The Morgan fingerprint density at radius 1 is 0.745 bits per heavy atom. The van der Waals surface area contributed by atoms with Crippen LogP contribution in [0.25, 0.3) is 0 Å². The molecule has 2 unspecified atom stereocenters. The van der Waals surface area contributed by atoms with Crippen molar-refractivity contribution >= 4 is 23.0 Å². The normalized spacial score (nSPS) is 18.4. The van der Waals surface area contributed by atoms with Gasteiger partial charge in [0.2, 0.25) is 0 Å². The molecule has 268 valence electrons. The van der Waals surface area contributed by atoms with Crippen LogP contribution in [-0.4, -0.2) is 12.0 Å². The predicted molar refractivity (Wildman–Crippen MR) is 210 cm³/mol. The fourth-order valence-electron chi connectivity index (χ4n) is 8.76. The molecule has 7 rings (SSSR count). The van der Waals surface area contributed by atoms with Crippen LogP contribution in [0, 0.1) is 19.8 Å². The van der Waals surface area contributed by atoms with Crippen LogP contribution in [-0.2, 0) is 10.3 Å². The lowest BCUT2D eigenvalue weighted by Crippen LogP contribution is -2.36. The highest BCUT2D eigenvalue weighted by Gasteiger charge is 2.55. The van der Waals surface area contributed by atoms with Crippen molar-refractivity contribution in [1.82, 2.24) is 0 Å². The number of rotatable bonds is 15. The molecule has 1 aliphatic carbocycles. The first-order chi connectivity index (χ1) is 25.0. The van der Waals surface area contributed by atoms with Crippen LogP contribution in [0.5, 0.6) is 11.5 Å². The number of carbonyl (C=O) groups is 1. The molecule has 0 aromatic heterocycles. The Hall–Kier alpha value is -4.25. The fourth-order valence-corrected chi connectivity index (χ4v) is 8.76. The molecule has 0 saturated heterocycles. The van der Waals surface area contributed by atoms with Crippen molar-refractivity contribution in [2.45, 2.75) is 129 Å². The van der Waals surface area contributed by atoms with Crippen molar-refractivity contribution in [3.63, 3.8) is 0 Å². The number of benzene rings is 4. The topological polar surface area (TPSA) is 59.6 Å². The summed E-state index contributed by atoms with van der Waals surface area (Å²) in [5, 5.41) is 7.76. The van der Waals surface area contributed by atoms with Crippen LogP contribution < -0.4 is 15.4 Å².